The summed E-state index contributed by atoms with van der Waals surface area (Å²) in [4.78, 5) is 0. The second kappa shape index (κ2) is 5.13. The van der Waals surface area contributed by atoms with Gasteiger partial charge in [-0.1, -0.05) is 40.5 Å². The van der Waals surface area contributed by atoms with Crippen molar-refractivity contribution >= 4 is 8.56 Å². The van der Waals surface area contributed by atoms with E-state index in [1.54, 1.807) is 14.2 Å². The Kier molecular flexibility index (Phi) is 5.18. The zero-order valence-electron chi connectivity index (χ0n) is 9.94. The summed E-state index contributed by atoms with van der Waals surface area (Å²) >= 11 is 0. The summed E-state index contributed by atoms with van der Waals surface area (Å²) in [7, 11) is 1.61. The topological polar surface area (TPSA) is 18.5 Å². The molecule has 80 valence electrons. The monoisotopic (exact) mass is 204 g/mol. The predicted octanol–water partition coefficient (Wildman–Crippen LogP) is 3.32. The van der Waals surface area contributed by atoms with Crippen LogP contribution in [-0.4, -0.2) is 22.8 Å². The van der Waals surface area contributed by atoms with Crippen molar-refractivity contribution in [2.75, 3.05) is 14.2 Å². The van der Waals surface area contributed by atoms with Crippen LogP contribution < -0.4 is 0 Å². The molecule has 0 heterocycles. The van der Waals surface area contributed by atoms with E-state index in [1.807, 2.05) is 0 Å². The zero-order chi connectivity index (χ0) is 10.5. The van der Waals surface area contributed by atoms with Crippen molar-refractivity contribution in [2.45, 2.75) is 51.6 Å². The van der Waals surface area contributed by atoms with Gasteiger partial charge in [0.15, 0.2) is 0 Å². The van der Waals surface area contributed by atoms with Gasteiger partial charge in [-0.05, 0) is 6.04 Å². The summed E-state index contributed by atoms with van der Waals surface area (Å²) in [6, 6.07) is 1.10. The minimum Gasteiger partial charge on any atom is -0.397 e. The van der Waals surface area contributed by atoms with Crippen molar-refractivity contribution in [2.24, 2.45) is 0 Å². The van der Waals surface area contributed by atoms with Gasteiger partial charge in [0.2, 0.25) is 0 Å². The van der Waals surface area contributed by atoms with Crippen LogP contribution in [0.15, 0.2) is 0 Å². The fourth-order valence-electron chi connectivity index (χ4n) is 1.68. The molecule has 0 amide bonds. The number of hydrogen-bond donors (Lipinski definition) is 0. The molecule has 0 aromatic carbocycles. The van der Waals surface area contributed by atoms with Gasteiger partial charge in [0.1, 0.15) is 0 Å². The first kappa shape index (κ1) is 13.1. The smallest absolute Gasteiger partial charge is 0.343 e. The maximum absolute atomic E-state index is 5.67. The first-order chi connectivity index (χ1) is 5.93. The van der Waals surface area contributed by atoms with Gasteiger partial charge in [0.25, 0.3) is 0 Å². The molecule has 2 nitrogen and oxygen atoms in total. The Morgan fingerprint density at radius 2 is 1.54 bits per heavy atom. The molecule has 0 aliphatic carbocycles. The van der Waals surface area contributed by atoms with Crippen LogP contribution in [0.25, 0.3) is 0 Å². The second-order valence-corrected chi connectivity index (χ2v) is 8.84. The van der Waals surface area contributed by atoms with Crippen molar-refractivity contribution in [3.8, 4) is 0 Å². The van der Waals surface area contributed by atoms with Crippen molar-refractivity contribution in [3.63, 3.8) is 0 Å². The molecular weight excluding hydrogens is 180 g/mol. The standard InChI is InChI=1S/C10H24O2Si/c1-7-8-9-13(11-5,12-6)10(2,3)4/h7-9H2,1-6H3. The van der Waals surface area contributed by atoms with Gasteiger partial charge in [-0.25, -0.2) is 0 Å². The Bertz CT molecular complexity index is 136. The highest BCUT2D eigenvalue weighted by atomic mass is 28.4. The Morgan fingerprint density at radius 1 is 1.08 bits per heavy atom. The van der Waals surface area contributed by atoms with E-state index in [4.69, 9.17) is 8.85 Å². The van der Waals surface area contributed by atoms with Crippen molar-refractivity contribution < 1.29 is 8.85 Å². The Morgan fingerprint density at radius 3 is 1.77 bits per heavy atom. The molecule has 0 aliphatic heterocycles. The van der Waals surface area contributed by atoms with Gasteiger partial charge in [0.05, 0.1) is 0 Å². The van der Waals surface area contributed by atoms with E-state index in [9.17, 15) is 0 Å². The van der Waals surface area contributed by atoms with E-state index >= 15 is 0 Å². The SMILES string of the molecule is CCCC[Si](OC)(OC)C(C)(C)C. The summed E-state index contributed by atoms with van der Waals surface area (Å²) < 4.78 is 11.3. The molecule has 13 heavy (non-hydrogen) atoms. The molecule has 0 bridgehead atoms. The first-order valence-electron chi connectivity index (χ1n) is 5.04. The summed E-state index contributed by atoms with van der Waals surface area (Å²) in [5.41, 5.74) is 0. The molecule has 0 saturated heterocycles. The molecule has 0 rings (SSSR count). The van der Waals surface area contributed by atoms with Gasteiger partial charge < -0.3 is 8.85 Å². The Hall–Kier alpha value is 0.137. The van der Waals surface area contributed by atoms with E-state index in [1.165, 1.54) is 12.8 Å². The highest BCUT2D eigenvalue weighted by Gasteiger charge is 2.46. The summed E-state index contributed by atoms with van der Waals surface area (Å²) in [5.74, 6) is 0. The highest BCUT2D eigenvalue weighted by molar-refractivity contribution is 6.70. The van der Waals surface area contributed by atoms with Crippen LogP contribution in [0.4, 0.5) is 0 Å². The van der Waals surface area contributed by atoms with Crippen molar-refractivity contribution in [1.82, 2.24) is 0 Å². The quantitative estimate of drug-likeness (QED) is 0.640. The largest absolute Gasteiger partial charge is 0.397 e. The lowest BCUT2D eigenvalue weighted by Crippen LogP contribution is -2.48. The normalized spacial score (nSPS) is 13.4. The van der Waals surface area contributed by atoms with Crippen LogP contribution >= 0.6 is 0 Å². The minimum absolute atomic E-state index is 0.158. The Balaban J connectivity index is 4.50. The van der Waals surface area contributed by atoms with Gasteiger partial charge in [-0.15, -0.1) is 0 Å². The van der Waals surface area contributed by atoms with Crippen molar-refractivity contribution in [1.29, 1.82) is 0 Å². The molecule has 3 heteroatoms. The molecule has 0 N–H and O–H groups in total. The number of unbranched alkanes of at least 4 members (excludes halogenated alkanes) is 1. The fraction of sp³-hybridized carbons (Fsp3) is 1.00. The molecule has 0 atom stereocenters. The number of rotatable bonds is 5. The van der Waals surface area contributed by atoms with Crippen LogP contribution in [0, 0.1) is 0 Å². The van der Waals surface area contributed by atoms with E-state index in [0.717, 1.165) is 6.04 Å². The van der Waals surface area contributed by atoms with Crippen LogP contribution in [0.1, 0.15) is 40.5 Å². The maximum Gasteiger partial charge on any atom is 0.343 e. The second-order valence-electron chi connectivity index (χ2n) is 4.51. The summed E-state index contributed by atoms with van der Waals surface area (Å²) in [6.07, 6.45) is 2.41. The molecular formula is C10H24O2Si. The molecule has 0 radical (unpaired) electrons. The summed E-state index contributed by atoms with van der Waals surface area (Å²) in [6.45, 7) is 8.83. The van der Waals surface area contributed by atoms with E-state index in [2.05, 4.69) is 27.7 Å². The van der Waals surface area contributed by atoms with Gasteiger partial charge in [-0.2, -0.15) is 0 Å². The highest BCUT2D eigenvalue weighted by Crippen LogP contribution is 2.40. The maximum atomic E-state index is 5.67. The molecule has 0 unspecified atom stereocenters. The fourth-order valence-corrected chi connectivity index (χ4v) is 5.05. The third-order valence-electron chi connectivity index (χ3n) is 2.66. The molecule has 0 aliphatic rings. The van der Waals surface area contributed by atoms with Crippen LogP contribution in [-0.2, 0) is 8.85 Å². The third kappa shape index (κ3) is 3.08. The van der Waals surface area contributed by atoms with Crippen LogP contribution in [0.3, 0.4) is 0 Å². The molecule has 0 aromatic heterocycles. The third-order valence-corrected chi connectivity index (χ3v) is 7.28. The van der Waals surface area contributed by atoms with Gasteiger partial charge in [-0.3, -0.25) is 0 Å². The average molecular weight is 204 g/mol. The van der Waals surface area contributed by atoms with Gasteiger partial charge in [0, 0.05) is 19.3 Å². The zero-order valence-corrected chi connectivity index (χ0v) is 10.9. The lowest BCUT2D eigenvalue weighted by molar-refractivity contribution is 0.212. The predicted molar refractivity (Wildman–Crippen MR) is 59.2 cm³/mol. The average Bonchev–Trinajstić information content (AvgIpc) is 2.05. The lowest BCUT2D eigenvalue weighted by atomic mass is 10.2. The summed E-state index contributed by atoms with van der Waals surface area (Å²) in [5, 5.41) is 0.158. The van der Waals surface area contributed by atoms with E-state index < -0.39 is 8.56 Å². The molecule has 0 fully saturated rings. The van der Waals surface area contributed by atoms with Crippen LogP contribution in [0.2, 0.25) is 11.1 Å². The molecule has 0 saturated carbocycles. The molecule has 0 spiro atoms. The van der Waals surface area contributed by atoms with Gasteiger partial charge >= 0.3 is 8.56 Å². The molecule has 0 aromatic rings. The first-order valence-corrected chi connectivity index (χ1v) is 7.06. The Labute approximate surface area is 83.9 Å². The minimum atomic E-state index is -1.97. The lowest BCUT2D eigenvalue weighted by Gasteiger charge is -2.38. The number of hydrogen-bond acceptors (Lipinski definition) is 2. The van der Waals surface area contributed by atoms with Crippen molar-refractivity contribution in [3.05, 3.63) is 0 Å². The van der Waals surface area contributed by atoms with E-state index in [-0.39, 0.29) is 5.04 Å². The van der Waals surface area contributed by atoms with Crippen LogP contribution in [0.5, 0.6) is 0 Å². The van der Waals surface area contributed by atoms with E-state index in [0.29, 0.717) is 0 Å².